The van der Waals surface area contributed by atoms with E-state index < -0.39 is 5.78 Å². The van der Waals surface area contributed by atoms with Crippen LogP contribution < -0.4 is 9.64 Å². The predicted molar refractivity (Wildman–Crippen MR) is 89.9 cm³/mol. The molecule has 0 aliphatic rings. The molecule has 0 aliphatic carbocycles. The normalized spacial score (nSPS) is 10.2. The van der Waals surface area contributed by atoms with Crippen LogP contribution >= 0.6 is 0 Å². The zero-order valence-corrected chi connectivity index (χ0v) is 13.5. The lowest BCUT2D eigenvalue weighted by Gasteiger charge is -2.25. The lowest BCUT2D eigenvalue weighted by Crippen LogP contribution is -2.24. The fourth-order valence-electron chi connectivity index (χ4n) is 2.56. The van der Waals surface area contributed by atoms with Gasteiger partial charge >= 0.3 is 0 Å². The van der Waals surface area contributed by atoms with E-state index in [-0.39, 0.29) is 34.8 Å². The Morgan fingerprint density at radius 1 is 1.12 bits per heavy atom. The number of aromatic hydroxyl groups is 2. The van der Waals surface area contributed by atoms with Crippen molar-refractivity contribution in [2.24, 2.45) is 0 Å². The number of phenols is 2. The summed E-state index contributed by atoms with van der Waals surface area (Å²) >= 11 is 0. The van der Waals surface area contributed by atoms with Gasteiger partial charge in [-0.3, -0.25) is 9.59 Å². The monoisotopic (exact) mass is 329 g/mol. The van der Waals surface area contributed by atoms with Crippen molar-refractivity contribution in [2.45, 2.75) is 13.8 Å². The maximum absolute atomic E-state index is 12.9. The predicted octanol–water partition coefficient (Wildman–Crippen LogP) is 2.71. The van der Waals surface area contributed by atoms with Gasteiger partial charge < -0.3 is 19.8 Å². The zero-order chi connectivity index (χ0) is 17.7. The van der Waals surface area contributed by atoms with Gasteiger partial charge in [-0.15, -0.1) is 0 Å². The number of nitrogens with zero attached hydrogens (tertiary/aromatic N) is 1. The molecule has 0 bridgehead atoms. The molecule has 0 radical (unpaired) electrons. The molecule has 0 saturated carbocycles. The van der Waals surface area contributed by atoms with Crippen molar-refractivity contribution in [1.82, 2.24) is 0 Å². The Hall–Kier alpha value is -3.02. The second-order valence-corrected chi connectivity index (χ2v) is 5.07. The van der Waals surface area contributed by atoms with Gasteiger partial charge in [0.2, 0.25) is 5.78 Å². The molecule has 24 heavy (non-hydrogen) atoms. The molecule has 0 unspecified atom stereocenters. The van der Waals surface area contributed by atoms with Gasteiger partial charge in [0.1, 0.15) is 17.2 Å². The van der Waals surface area contributed by atoms with Gasteiger partial charge in [0.25, 0.3) is 6.47 Å². The van der Waals surface area contributed by atoms with Crippen LogP contribution in [0.3, 0.4) is 0 Å². The molecular formula is C18H19NO5. The van der Waals surface area contributed by atoms with Gasteiger partial charge in [-0.2, -0.15) is 0 Å². The van der Waals surface area contributed by atoms with Crippen LogP contribution in [0.15, 0.2) is 36.4 Å². The zero-order valence-electron chi connectivity index (χ0n) is 13.5. The number of anilines is 1. The fourth-order valence-corrected chi connectivity index (χ4v) is 2.56. The van der Waals surface area contributed by atoms with Gasteiger partial charge in [-0.05, 0) is 26.0 Å². The van der Waals surface area contributed by atoms with E-state index in [0.717, 1.165) is 0 Å². The number of rotatable bonds is 7. The van der Waals surface area contributed by atoms with E-state index in [1.807, 2.05) is 18.7 Å². The molecular weight excluding hydrogens is 310 g/mol. The minimum absolute atomic E-state index is 0.0541. The van der Waals surface area contributed by atoms with E-state index in [0.29, 0.717) is 18.8 Å². The maximum atomic E-state index is 12.9. The summed E-state index contributed by atoms with van der Waals surface area (Å²) in [6.45, 7) is 5.23. The molecule has 2 rings (SSSR count). The molecule has 0 spiro atoms. The van der Waals surface area contributed by atoms with Crippen LogP contribution in [0.4, 0.5) is 5.69 Å². The molecule has 0 aliphatic heterocycles. The van der Waals surface area contributed by atoms with E-state index in [9.17, 15) is 19.8 Å². The van der Waals surface area contributed by atoms with Gasteiger partial charge in [0.05, 0.1) is 16.8 Å². The van der Waals surface area contributed by atoms with E-state index in [4.69, 9.17) is 4.74 Å². The van der Waals surface area contributed by atoms with E-state index in [1.54, 1.807) is 12.1 Å². The highest BCUT2D eigenvalue weighted by Gasteiger charge is 2.24. The first-order chi connectivity index (χ1) is 11.5. The van der Waals surface area contributed by atoms with E-state index >= 15 is 0 Å². The first-order valence-corrected chi connectivity index (χ1v) is 7.58. The first-order valence-electron chi connectivity index (χ1n) is 7.58. The Kier molecular flexibility index (Phi) is 5.42. The highest BCUT2D eigenvalue weighted by Crippen LogP contribution is 2.36. The third-order valence-electron chi connectivity index (χ3n) is 3.73. The van der Waals surface area contributed by atoms with Crippen molar-refractivity contribution in [1.29, 1.82) is 0 Å². The number of carbonyl (C=O) groups excluding carboxylic acids is 2. The molecule has 2 N–H and O–H groups in total. The van der Waals surface area contributed by atoms with Crippen LogP contribution in [0, 0.1) is 0 Å². The van der Waals surface area contributed by atoms with Crippen LogP contribution in [0.5, 0.6) is 17.2 Å². The summed E-state index contributed by atoms with van der Waals surface area (Å²) < 4.78 is 4.80. The number of hydrogen-bond donors (Lipinski definition) is 2. The van der Waals surface area contributed by atoms with Crippen molar-refractivity contribution in [3.8, 4) is 17.2 Å². The van der Waals surface area contributed by atoms with Gasteiger partial charge in [-0.1, -0.05) is 12.1 Å². The molecule has 0 atom stereocenters. The quantitative estimate of drug-likeness (QED) is 0.600. The number of ether oxygens (including phenoxy) is 1. The molecule has 0 fully saturated rings. The SMILES string of the molecule is CCN(CC)c1cc(OC=O)cc(O)c1C(=O)c1ccccc1O. The third kappa shape index (κ3) is 3.32. The summed E-state index contributed by atoms with van der Waals surface area (Å²) in [5.41, 5.74) is 0.578. The van der Waals surface area contributed by atoms with Crippen LogP contribution in [0.1, 0.15) is 29.8 Å². The Balaban J connectivity index is 2.65. The van der Waals surface area contributed by atoms with Crippen molar-refractivity contribution in [3.05, 3.63) is 47.5 Å². The fraction of sp³-hybridized carbons (Fsp3) is 0.222. The van der Waals surface area contributed by atoms with Crippen LogP contribution in [0.25, 0.3) is 0 Å². The maximum Gasteiger partial charge on any atom is 0.298 e. The Morgan fingerprint density at radius 2 is 1.79 bits per heavy atom. The summed E-state index contributed by atoms with van der Waals surface area (Å²) in [4.78, 5) is 25.3. The topological polar surface area (TPSA) is 87.1 Å². The van der Waals surface area contributed by atoms with Crippen LogP contribution in [0.2, 0.25) is 0 Å². The molecule has 0 aromatic heterocycles. The highest BCUT2D eigenvalue weighted by atomic mass is 16.5. The molecule has 0 amide bonds. The summed E-state index contributed by atoms with van der Waals surface area (Å²) in [6.07, 6.45) is 0. The van der Waals surface area contributed by atoms with Crippen molar-refractivity contribution >= 4 is 17.9 Å². The van der Waals surface area contributed by atoms with Gasteiger partial charge in [0.15, 0.2) is 0 Å². The third-order valence-corrected chi connectivity index (χ3v) is 3.73. The Bertz CT molecular complexity index is 753. The summed E-state index contributed by atoms with van der Waals surface area (Å²) in [6, 6.07) is 8.86. The molecule has 126 valence electrons. The Morgan fingerprint density at radius 3 is 2.38 bits per heavy atom. The number of ketones is 1. The standard InChI is InChI=1S/C18H19NO5/c1-3-19(4-2)14-9-12(24-11-20)10-16(22)17(14)18(23)13-7-5-6-8-15(13)21/h5-11,21-22H,3-4H2,1-2H3. The first kappa shape index (κ1) is 17.3. The molecule has 2 aromatic carbocycles. The van der Waals surface area contributed by atoms with Crippen molar-refractivity contribution < 1.29 is 24.5 Å². The summed E-state index contributed by atoms with van der Waals surface area (Å²) in [7, 11) is 0. The van der Waals surface area contributed by atoms with Crippen molar-refractivity contribution in [3.63, 3.8) is 0 Å². The number of carbonyl (C=O) groups is 2. The lowest BCUT2D eigenvalue weighted by molar-refractivity contribution is -0.120. The summed E-state index contributed by atoms with van der Waals surface area (Å²) in [5, 5.41) is 20.3. The highest BCUT2D eigenvalue weighted by molar-refractivity contribution is 6.15. The smallest absolute Gasteiger partial charge is 0.298 e. The summed E-state index contributed by atoms with van der Waals surface area (Å²) in [5.74, 6) is -0.853. The number of hydrogen-bond acceptors (Lipinski definition) is 6. The minimum Gasteiger partial charge on any atom is -0.507 e. The van der Waals surface area contributed by atoms with Crippen LogP contribution in [-0.4, -0.2) is 35.6 Å². The second-order valence-electron chi connectivity index (χ2n) is 5.07. The lowest BCUT2D eigenvalue weighted by atomic mass is 9.98. The van der Waals surface area contributed by atoms with E-state index in [1.165, 1.54) is 24.3 Å². The minimum atomic E-state index is -0.509. The van der Waals surface area contributed by atoms with Crippen LogP contribution in [-0.2, 0) is 4.79 Å². The molecule has 0 heterocycles. The molecule has 2 aromatic rings. The number of phenolic OH excluding ortho intramolecular Hbond substituents is 2. The van der Waals surface area contributed by atoms with Gasteiger partial charge in [-0.25, -0.2) is 0 Å². The second kappa shape index (κ2) is 7.50. The number of benzene rings is 2. The average molecular weight is 329 g/mol. The Labute approximate surface area is 139 Å². The average Bonchev–Trinajstić information content (AvgIpc) is 2.56. The van der Waals surface area contributed by atoms with Crippen molar-refractivity contribution in [2.75, 3.05) is 18.0 Å². The molecule has 0 saturated heterocycles. The number of para-hydroxylation sites is 1. The van der Waals surface area contributed by atoms with Gasteiger partial charge in [0, 0.05) is 25.2 Å². The van der Waals surface area contributed by atoms with E-state index in [2.05, 4.69) is 0 Å². The molecule has 6 heteroatoms. The molecule has 6 nitrogen and oxygen atoms in total. The largest absolute Gasteiger partial charge is 0.507 e.